The van der Waals surface area contributed by atoms with Gasteiger partial charge in [0, 0.05) is 36.5 Å². The van der Waals surface area contributed by atoms with E-state index in [1.807, 2.05) is 4.57 Å². The average molecular weight is 557 g/mol. The highest BCUT2D eigenvalue weighted by molar-refractivity contribution is 7.17. The third kappa shape index (κ3) is 4.60. The van der Waals surface area contributed by atoms with Crippen molar-refractivity contribution in [2.45, 2.75) is 63.8 Å². The molecule has 0 aromatic carbocycles. The van der Waals surface area contributed by atoms with Crippen molar-refractivity contribution in [3.63, 3.8) is 0 Å². The fourth-order valence-electron chi connectivity index (χ4n) is 5.84. The fraction of sp³-hybridized carbons (Fsp3) is 0.577. The number of thiophene rings is 1. The molecule has 0 saturated heterocycles. The highest BCUT2D eigenvalue weighted by Gasteiger charge is 2.65. The Labute approximate surface area is 227 Å². The van der Waals surface area contributed by atoms with Gasteiger partial charge in [0.05, 0.1) is 5.56 Å². The monoisotopic (exact) mass is 556 g/mol. The zero-order valence-corrected chi connectivity index (χ0v) is 22.4. The molecule has 3 N–H and O–H groups in total. The average Bonchev–Trinajstić information content (AvgIpc) is 3.87. The predicted octanol–water partition coefficient (Wildman–Crippen LogP) is 4.36. The lowest BCUT2D eigenvalue weighted by Gasteiger charge is -2.25. The molecule has 7 rings (SSSR count). The van der Waals surface area contributed by atoms with Crippen molar-refractivity contribution in [1.29, 1.82) is 0 Å². The van der Waals surface area contributed by atoms with Crippen LogP contribution in [-0.2, 0) is 24.7 Å². The minimum absolute atomic E-state index is 0.0310. The van der Waals surface area contributed by atoms with Crippen LogP contribution in [0.5, 0.6) is 0 Å². The first kappa shape index (κ1) is 24.7. The quantitative estimate of drug-likeness (QED) is 0.360. The number of rotatable bonds is 9. The molecule has 0 aliphatic heterocycles. The number of anilines is 3. The molecule has 3 saturated carbocycles. The summed E-state index contributed by atoms with van der Waals surface area (Å²) in [5.41, 5.74) is 1.45. The van der Waals surface area contributed by atoms with E-state index in [0.717, 1.165) is 55.4 Å². The lowest BCUT2D eigenvalue weighted by atomic mass is 9.91. The van der Waals surface area contributed by atoms with E-state index in [-0.39, 0.29) is 34.9 Å². The van der Waals surface area contributed by atoms with Crippen molar-refractivity contribution >= 4 is 39.9 Å². The summed E-state index contributed by atoms with van der Waals surface area (Å²) in [4.78, 5) is 27.6. The fourth-order valence-corrected chi connectivity index (χ4v) is 7.08. The van der Waals surface area contributed by atoms with Crippen LogP contribution in [0, 0.1) is 17.3 Å². The first-order valence-electron chi connectivity index (χ1n) is 13.5. The Hall–Kier alpha value is -3.35. The summed E-state index contributed by atoms with van der Waals surface area (Å²) in [6.45, 7) is 0.650. The lowest BCUT2D eigenvalue weighted by molar-refractivity contribution is -0.117. The summed E-state index contributed by atoms with van der Waals surface area (Å²) in [6, 6.07) is 1.24. The van der Waals surface area contributed by atoms with Crippen LogP contribution in [0.2, 0.25) is 0 Å². The molecule has 3 heterocycles. The van der Waals surface area contributed by atoms with Gasteiger partial charge < -0.3 is 16.0 Å². The lowest BCUT2D eigenvalue weighted by Crippen LogP contribution is -2.29. The first-order valence-corrected chi connectivity index (χ1v) is 14.3. The van der Waals surface area contributed by atoms with Crippen molar-refractivity contribution in [1.82, 2.24) is 29.9 Å². The summed E-state index contributed by atoms with van der Waals surface area (Å²) in [7, 11) is 1.59. The van der Waals surface area contributed by atoms with Gasteiger partial charge in [-0.2, -0.15) is 5.10 Å². The molecule has 39 heavy (non-hydrogen) atoms. The number of amides is 2. The van der Waals surface area contributed by atoms with Crippen LogP contribution in [0.25, 0.3) is 0 Å². The summed E-state index contributed by atoms with van der Waals surface area (Å²) in [5, 5.41) is 22.1. The Morgan fingerprint density at radius 2 is 2.08 bits per heavy atom. The number of carbonyl (C=O) groups is 2. The van der Waals surface area contributed by atoms with Crippen LogP contribution in [0.15, 0.2) is 12.4 Å². The third-order valence-electron chi connectivity index (χ3n) is 8.67. The molecule has 0 radical (unpaired) electrons. The van der Waals surface area contributed by atoms with E-state index in [1.165, 1.54) is 22.1 Å². The molecule has 2 atom stereocenters. The Morgan fingerprint density at radius 1 is 1.26 bits per heavy atom. The van der Waals surface area contributed by atoms with Crippen LogP contribution in [0.1, 0.15) is 77.5 Å². The highest BCUT2D eigenvalue weighted by atomic mass is 32.1. The number of aryl methyl sites for hydroxylation is 2. The van der Waals surface area contributed by atoms with Gasteiger partial charge >= 0.3 is 0 Å². The third-order valence-corrected chi connectivity index (χ3v) is 9.88. The van der Waals surface area contributed by atoms with E-state index in [1.54, 1.807) is 13.4 Å². The molecular formula is C26H30F2N8O2S. The normalized spacial score (nSPS) is 22.6. The molecule has 3 aromatic heterocycles. The van der Waals surface area contributed by atoms with Crippen molar-refractivity contribution in [3.05, 3.63) is 34.1 Å². The van der Waals surface area contributed by atoms with Crippen LogP contribution < -0.4 is 16.0 Å². The zero-order valence-electron chi connectivity index (χ0n) is 21.5. The van der Waals surface area contributed by atoms with E-state index in [0.29, 0.717) is 41.2 Å². The minimum Gasteiger partial charge on any atom is -0.352 e. The van der Waals surface area contributed by atoms with Crippen LogP contribution in [0.3, 0.4) is 0 Å². The van der Waals surface area contributed by atoms with Gasteiger partial charge in [0.15, 0.2) is 0 Å². The number of carbonyl (C=O) groups excluding carboxylic acids is 2. The molecule has 2 amide bonds. The topological polar surface area (TPSA) is 119 Å². The SMILES string of the molecule is Cn1nc(C(F)F)cc1Nc1nncn1C1CCc2sc(NC(=O)[C@H]3CC34CC4)c(C(=O)NCC3CC3)c2C1. The first-order chi connectivity index (χ1) is 18.8. The van der Waals surface area contributed by atoms with Gasteiger partial charge in [-0.05, 0) is 68.3 Å². The molecule has 1 spiro atoms. The van der Waals surface area contributed by atoms with Crippen LogP contribution in [0.4, 0.5) is 25.5 Å². The van der Waals surface area contributed by atoms with Crippen LogP contribution in [-0.4, -0.2) is 42.9 Å². The molecule has 0 bridgehead atoms. The summed E-state index contributed by atoms with van der Waals surface area (Å²) in [6.07, 6.45) is 6.52. The Morgan fingerprint density at radius 3 is 2.77 bits per heavy atom. The summed E-state index contributed by atoms with van der Waals surface area (Å²) < 4.78 is 29.5. The van der Waals surface area contributed by atoms with Gasteiger partial charge in [-0.1, -0.05) is 0 Å². The molecule has 4 aliphatic rings. The summed E-state index contributed by atoms with van der Waals surface area (Å²) >= 11 is 1.52. The molecule has 13 heteroatoms. The van der Waals surface area contributed by atoms with E-state index in [4.69, 9.17) is 0 Å². The second kappa shape index (κ2) is 9.10. The number of hydrogen-bond donors (Lipinski definition) is 3. The smallest absolute Gasteiger partial charge is 0.282 e. The van der Waals surface area contributed by atoms with E-state index in [9.17, 15) is 18.4 Å². The van der Waals surface area contributed by atoms with E-state index in [2.05, 4.69) is 31.2 Å². The van der Waals surface area contributed by atoms with Gasteiger partial charge in [0.1, 0.15) is 22.8 Å². The summed E-state index contributed by atoms with van der Waals surface area (Å²) in [5.74, 6) is 1.30. The van der Waals surface area contributed by atoms with Crippen LogP contribution >= 0.6 is 11.3 Å². The minimum atomic E-state index is -2.67. The largest absolute Gasteiger partial charge is 0.352 e. The van der Waals surface area contributed by atoms with E-state index >= 15 is 0 Å². The maximum Gasteiger partial charge on any atom is 0.282 e. The molecule has 10 nitrogen and oxygen atoms in total. The predicted molar refractivity (Wildman–Crippen MR) is 140 cm³/mol. The van der Waals surface area contributed by atoms with Gasteiger partial charge in [-0.15, -0.1) is 21.5 Å². The number of aromatic nitrogens is 5. The van der Waals surface area contributed by atoms with Gasteiger partial charge in [-0.25, -0.2) is 8.78 Å². The number of halogens is 2. The molecular weight excluding hydrogens is 526 g/mol. The standard InChI is InChI=1S/C26H30F2N8O2S/c1-35-19(9-17(34-35)21(27)28)31-25-33-30-12-36(25)14-4-5-18-15(8-14)20(23(38)29-11-13-2-3-13)24(39-18)32-22(37)16-10-26(16)6-7-26/h9,12-14,16,21H,2-8,10-11H2,1H3,(H,29,38)(H,31,33)(H,32,37)/t14?,16-/m1/s1. The number of nitrogens with zero attached hydrogens (tertiary/aromatic N) is 5. The van der Waals surface area contributed by atoms with E-state index < -0.39 is 6.43 Å². The number of hydrogen-bond acceptors (Lipinski definition) is 7. The maximum absolute atomic E-state index is 13.5. The molecule has 3 fully saturated rings. The Balaban J connectivity index is 1.14. The molecule has 4 aliphatic carbocycles. The molecule has 3 aromatic rings. The van der Waals surface area contributed by atoms with Crippen molar-refractivity contribution in [3.8, 4) is 0 Å². The Kier molecular flexibility index (Phi) is 5.76. The number of fused-ring (bicyclic) bond motifs is 1. The zero-order chi connectivity index (χ0) is 26.9. The maximum atomic E-state index is 13.5. The van der Waals surface area contributed by atoms with Crippen molar-refractivity contribution in [2.75, 3.05) is 17.2 Å². The number of alkyl halides is 2. The second-order valence-corrected chi connectivity index (χ2v) is 12.5. The molecule has 1 unspecified atom stereocenters. The number of nitrogens with one attached hydrogen (secondary N) is 3. The van der Waals surface area contributed by atoms with Gasteiger partial charge in [-0.3, -0.25) is 18.8 Å². The van der Waals surface area contributed by atoms with Crippen molar-refractivity contribution in [2.24, 2.45) is 24.3 Å². The van der Waals surface area contributed by atoms with Gasteiger partial charge in [0.25, 0.3) is 12.3 Å². The Bertz CT molecular complexity index is 1450. The highest BCUT2D eigenvalue weighted by Crippen LogP contribution is 2.70. The second-order valence-electron chi connectivity index (χ2n) is 11.4. The van der Waals surface area contributed by atoms with Gasteiger partial charge in [0.2, 0.25) is 11.9 Å². The van der Waals surface area contributed by atoms with Crippen molar-refractivity contribution < 1.29 is 18.4 Å². The molecule has 206 valence electrons.